The molecule has 0 bridgehead atoms. The summed E-state index contributed by atoms with van der Waals surface area (Å²) in [6, 6.07) is 0. The molecule has 1 aliphatic rings. The fraction of sp³-hybridized carbons (Fsp3) is 0.636. The average Bonchev–Trinajstić information content (AvgIpc) is 2.30. The van der Waals surface area contributed by atoms with Gasteiger partial charge in [0.05, 0.1) is 0 Å². The molecule has 0 spiro atoms. The van der Waals surface area contributed by atoms with Crippen molar-refractivity contribution in [2.24, 2.45) is 0 Å². The van der Waals surface area contributed by atoms with Crippen LogP contribution in [0.15, 0.2) is 6.33 Å². The van der Waals surface area contributed by atoms with Crippen molar-refractivity contribution in [2.75, 3.05) is 31.1 Å². The number of anilines is 1. The summed E-state index contributed by atoms with van der Waals surface area (Å²) in [5.41, 5.74) is 2.40. The van der Waals surface area contributed by atoms with Crippen LogP contribution in [0.1, 0.15) is 18.2 Å². The molecule has 2 rings (SSSR count). The number of rotatable bonds is 2. The summed E-state index contributed by atoms with van der Waals surface area (Å²) in [4.78, 5) is 11.0. The molecule has 1 fully saturated rings. The summed E-state index contributed by atoms with van der Waals surface area (Å²) in [6.07, 6.45) is 2.66. The molecule has 0 saturated carbocycles. The Morgan fingerprint density at radius 2 is 2.07 bits per heavy atom. The Morgan fingerprint density at radius 3 is 2.73 bits per heavy atom. The largest absolute Gasteiger partial charge is 0.354 e. The van der Waals surface area contributed by atoms with Gasteiger partial charge in [-0.15, -0.1) is 0 Å². The lowest BCUT2D eigenvalue weighted by atomic mass is 10.2. The summed E-state index contributed by atoms with van der Waals surface area (Å²) in [5, 5.41) is 3.35. The quantitative estimate of drug-likeness (QED) is 0.775. The molecular formula is C11H18N4. The zero-order valence-electron chi connectivity index (χ0n) is 9.45. The van der Waals surface area contributed by atoms with Crippen molar-refractivity contribution in [2.45, 2.75) is 20.3 Å². The van der Waals surface area contributed by atoms with E-state index in [0.29, 0.717) is 0 Å². The van der Waals surface area contributed by atoms with E-state index in [0.717, 1.165) is 38.4 Å². The van der Waals surface area contributed by atoms with Crippen molar-refractivity contribution in [1.82, 2.24) is 15.3 Å². The van der Waals surface area contributed by atoms with Crippen LogP contribution in [-0.2, 0) is 6.42 Å². The fourth-order valence-electron chi connectivity index (χ4n) is 2.03. The third-order valence-electron chi connectivity index (χ3n) is 2.91. The Morgan fingerprint density at radius 1 is 1.33 bits per heavy atom. The van der Waals surface area contributed by atoms with Gasteiger partial charge < -0.3 is 10.2 Å². The molecule has 0 amide bonds. The van der Waals surface area contributed by atoms with Gasteiger partial charge in [-0.25, -0.2) is 9.97 Å². The summed E-state index contributed by atoms with van der Waals surface area (Å²) < 4.78 is 0. The predicted molar refractivity (Wildman–Crippen MR) is 61.2 cm³/mol. The monoisotopic (exact) mass is 206 g/mol. The molecule has 0 atom stereocenters. The highest BCUT2D eigenvalue weighted by Gasteiger charge is 2.15. The average molecular weight is 206 g/mol. The van der Waals surface area contributed by atoms with E-state index >= 15 is 0 Å². The smallest absolute Gasteiger partial charge is 0.135 e. The van der Waals surface area contributed by atoms with Gasteiger partial charge in [0.15, 0.2) is 0 Å². The van der Waals surface area contributed by atoms with Gasteiger partial charge in [0, 0.05) is 37.4 Å². The van der Waals surface area contributed by atoms with E-state index in [1.165, 1.54) is 11.3 Å². The lowest BCUT2D eigenvalue weighted by Crippen LogP contribution is -2.44. The molecule has 0 aliphatic carbocycles. The number of aromatic nitrogens is 2. The summed E-state index contributed by atoms with van der Waals surface area (Å²) in [6.45, 7) is 8.44. The third kappa shape index (κ3) is 2.09. The van der Waals surface area contributed by atoms with Crippen LogP contribution in [-0.4, -0.2) is 36.1 Å². The van der Waals surface area contributed by atoms with Crippen molar-refractivity contribution in [3.8, 4) is 0 Å². The Bertz CT molecular complexity index is 331. The summed E-state index contributed by atoms with van der Waals surface area (Å²) >= 11 is 0. The molecule has 0 aromatic carbocycles. The number of hydrogen-bond acceptors (Lipinski definition) is 4. The van der Waals surface area contributed by atoms with E-state index < -0.39 is 0 Å². The van der Waals surface area contributed by atoms with Crippen molar-refractivity contribution in [3.05, 3.63) is 17.6 Å². The van der Waals surface area contributed by atoms with Gasteiger partial charge in [0.25, 0.3) is 0 Å². The molecule has 0 unspecified atom stereocenters. The van der Waals surface area contributed by atoms with Crippen molar-refractivity contribution >= 4 is 5.82 Å². The predicted octanol–water partition coefficient (Wildman–Crippen LogP) is 0.757. The fourth-order valence-corrected chi connectivity index (χ4v) is 2.03. The lowest BCUT2D eigenvalue weighted by molar-refractivity contribution is 0.583. The van der Waals surface area contributed by atoms with Crippen LogP contribution in [0.3, 0.4) is 0 Å². The molecule has 4 heteroatoms. The van der Waals surface area contributed by atoms with Crippen LogP contribution in [0.4, 0.5) is 5.82 Å². The molecule has 1 aromatic rings. The molecule has 15 heavy (non-hydrogen) atoms. The van der Waals surface area contributed by atoms with Crippen LogP contribution in [0, 0.1) is 6.92 Å². The van der Waals surface area contributed by atoms with Gasteiger partial charge >= 0.3 is 0 Å². The normalized spacial score (nSPS) is 16.8. The zero-order chi connectivity index (χ0) is 10.7. The summed E-state index contributed by atoms with van der Waals surface area (Å²) in [5.74, 6) is 1.11. The van der Waals surface area contributed by atoms with E-state index in [-0.39, 0.29) is 0 Å². The Hall–Kier alpha value is -1.16. The maximum atomic E-state index is 4.40. The highest BCUT2D eigenvalue weighted by Crippen LogP contribution is 2.19. The molecule has 1 saturated heterocycles. The van der Waals surface area contributed by atoms with E-state index in [4.69, 9.17) is 0 Å². The van der Waals surface area contributed by atoms with E-state index in [9.17, 15) is 0 Å². The van der Waals surface area contributed by atoms with Crippen molar-refractivity contribution in [1.29, 1.82) is 0 Å². The Kier molecular flexibility index (Phi) is 3.16. The molecular weight excluding hydrogens is 188 g/mol. The highest BCUT2D eigenvalue weighted by atomic mass is 15.2. The first kappa shape index (κ1) is 10.4. The SMILES string of the molecule is CCc1ncnc(N2CCNCC2)c1C. The Labute approximate surface area is 90.7 Å². The van der Waals surface area contributed by atoms with Gasteiger partial charge in [0.2, 0.25) is 0 Å². The minimum atomic E-state index is 0.980. The zero-order valence-corrected chi connectivity index (χ0v) is 9.45. The number of aryl methyl sites for hydroxylation is 1. The first-order valence-electron chi connectivity index (χ1n) is 5.59. The van der Waals surface area contributed by atoms with E-state index in [1.807, 2.05) is 0 Å². The van der Waals surface area contributed by atoms with E-state index in [1.54, 1.807) is 6.33 Å². The van der Waals surface area contributed by atoms with Crippen LogP contribution in [0.25, 0.3) is 0 Å². The molecule has 0 radical (unpaired) electrons. The van der Waals surface area contributed by atoms with Crippen molar-refractivity contribution < 1.29 is 0 Å². The van der Waals surface area contributed by atoms with E-state index in [2.05, 4.69) is 34.0 Å². The topological polar surface area (TPSA) is 41.1 Å². The molecule has 82 valence electrons. The van der Waals surface area contributed by atoms with Gasteiger partial charge in [-0.1, -0.05) is 6.92 Å². The molecule has 4 nitrogen and oxygen atoms in total. The van der Waals surface area contributed by atoms with Crippen LogP contribution < -0.4 is 10.2 Å². The maximum Gasteiger partial charge on any atom is 0.135 e. The number of nitrogens with one attached hydrogen (secondary N) is 1. The second kappa shape index (κ2) is 4.57. The minimum absolute atomic E-state index is 0.980. The molecule has 1 aliphatic heterocycles. The molecule has 1 N–H and O–H groups in total. The minimum Gasteiger partial charge on any atom is -0.354 e. The molecule has 1 aromatic heterocycles. The lowest BCUT2D eigenvalue weighted by Gasteiger charge is -2.29. The highest BCUT2D eigenvalue weighted by molar-refractivity contribution is 5.48. The standard InChI is InChI=1S/C11H18N4/c1-3-10-9(2)11(14-8-13-10)15-6-4-12-5-7-15/h8,12H,3-7H2,1-2H3. The second-order valence-electron chi connectivity index (χ2n) is 3.86. The van der Waals surface area contributed by atoms with Crippen LogP contribution >= 0.6 is 0 Å². The summed E-state index contributed by atoms with van der Waals surface area (Å²) in [7, 11) is 0. The van der Waals surface area contributed by atoms with Gasteiger partial charge in [0.1, 0.15) is 12.1 Å². The number of hydrogen-bond donors (Lipinski definition) is 1. The van der Waals surface area contributed by atoms with Gasteiger partial charge in [-0.05, 0) is 13.3 Å². The van der Waals surface area contributed by atoms with Crippen LogP contribution in [0.2, 0.25) is 0 Å². The van der Waals surface area contributed by atoms with Gasteiger partial charge in [-0.3, -0.25) is 0 Å². The maximum absolute atomic E-state index is 4.40. The Balaban J connectivity index is 2.26. The second-order valence-corrected chi connectivity index (χ2v) is 3.86. The number of nitrogens with zero attached hydrogens (tertiary/aromatic N) is 3. The van der Waals surface area contributed by atoms with Crippen molar-refractivity contribution in [3.63, 3.8) is 0 Å². The number of piperazine rings is 1. The van der Waals surface area contributed by atoms with Gasteiger partial charge in [-0.2, -0.15) is 0 Å². The first-order valence-corrected chi connectivity index (χ1v) is 5.59. The van der Waals surface area contributed by atoms with Crippen LogP contribution in [0.5, 0.6) is 0 Å². The third-order valence-corrected chi connectivity index (χ3v) is 2.91. The first-order chi connectivity index (χ1) is 7.33. The molecule has 2 heterocycles.